The van der Waals surface area contributed by atoms with Crippen LogP contribution in [0.1, 0.15) is 84.0 Å². The molecule has 18 heteroatoms. The van der Waals surface area contributed by atoms with Crippen molar-refractivity contribution in [2.75, 3.05) is 125 Å². The molecule has 0 fully saturated rings. The number of fused-ring (bicyclic) bond motifs is 2. The molecule has 4 aromatic carbocycles. The monoisotopic (exact) mass is 1100 g/mol. The van der Waals surface area contributed by atoms with E-state index < -0.39 is 0 Å². The van der Waals surface area contributed by atoms with Crippen LogP contribution in [-0.4, -0.2) is 145 Å². The molecule has 0 aromatic heterocycles. The van der Waals surface area contributed by atoms with Gasteiger partial charge in [0.25, 0.3) is 0 Å². The molecule has 2 aliphatic rings. The van der Waals surface area contributed by atoms with Crippen molar-refractivity contribution in [3.8, 4) is 57.5 Å². The highest BCUT2D eigenvalue weighted by molar-refractivity contribution is 5.70. The van der Waals surface area contributed by atoms with Gasteiger partial charge in [-0.1, -0.05) is 12.2 Å². The summed E-state index contributed by atoms with van der Waals surface area (Å²) in [6.07, 6.45) is 9.94. The summed E-state index contributed by atoms with van der Waals surface area (Å²) in [5, 5.41) is 0. The minimum Gasteiger partial charge on any atom is -1.00 e. The lowest BCUT2D eigenvalue weighted by atomic mass is 9.86. The van der Waals surface area contributed by atoms with Gasteiger partial charge in [0.15, 0.2) is 46.0 Å². The van der Waals surface area contributed by atoms with Gasteiger partial charge in [-0.25, -0.2) is 0 Å². The van der Waals surface area contributed by atoms with Gasteiger partial charge in [-0.2, -0.15) is 0 Å². The number of allylic oxidation sites excluding steroid dienone is 2. The summed E-state index contributed by atoms with van der Waals surface area (Å²) in [6, 6.07) is 16.5. The number of nitrogens with zero attached hydrogens (tertiary/aromatic N) is 2. The van der Waals surface area contributed by atoms with Crippen LogP contribution < -0.4 is 72.2 Å². The molecule has 0 saturated heterocycles. The number of quaternary nitrogens is 2. The number of carbonyl (C=O) groups excluding carboxylic acids is 2. The topological polar surface area (TPSA) is 145 Å². The van der Waals surface area contributed by atoms with Gasteiger partial charge in [0.1, 0.15) is 12.1 Å². The van der Waals surface area contributed by atoms with Crippen LogP contribution in [0.3, 0.4) is 0 Å². The highest BCUT2D eigenvalue weighted by Gasteiger charge is 2.42. The number of rotatable bonds is 28. The van der Waals surface area contributed by atoms with Crippen LogP contribution in [0.5, 0.6) is 57.5 Å². The fourth-order valence-electron chi connectivity index (χ4n) is 10.8. The number of methoxy groups -OCH3 is 10. The molecule has 0 radical (unpaired) electrons. The first-order chi connectivity index (χ1) is 35.7. The molecule has 0 spiro atoms. The zero-order valence-corrected chi connectivity index (χ0v) is 48.1. The van der Waals surface area contributed by atoms with Crippen molar-refractivity contribution in [1.29, 1.82) is 0 Å². The predicted molar refractivity (Wildman–Crippen MR) is 282 cm³/mol. The molecule has 0 amide bonds. The van der Waals surface area contributed by atoms with E-state index in [9.17, 15) is 9.59 Å². The maximum absolute atomic E-state index is 12.9. The molecule has 76 heavy (non-hydrogen) atoms. The number of esters is 2. The quantitative estimate of drug-likeness (QED) is 0.0356. The summed E-state index contributed by atoms with van der Waals surface area (Å²) in [4.78, 5) is 25.7. The standard InChI is InChI=1S/C58H80N2O14.2ClH/c1-59(25-21-41-35-47(63-3)49(65-5)37-43(41)45(59)29-39-31-51(67-7)57(71-11)52(32-39)68-8)23-17-27-73-55(61)19-15-13-14-16-20-56(62)74-28-18-24-60(2)26-22-42-36-48(64-4)50(66-6)38-44(42)46(60)30-40-33-53(69-9)58(72-12)54(34-40)70-10;;/h13-14,31-38,45-46H,15-30H2,1-12H3;2*1H/q+2;;/p-2/t45?,46?,59-,60-;;/m1../s1. The summed E-state index contributed by atoms with van der Waals surface area (Å²) in [6.45, 7) is 4.02. The Morgan fingerprint density at radius 1 is 0.461 bits per heavy atom. The van der Waals surface area contributed by atoms with Crippen LogP contribution in [0.15, 0.2) is 60.7 Å². The molecule has 4 aromatic rings. The van der Waals surface area contributed by atoms with Crippen LogP contribution in [0.4, 0.5) is 0 Å². The van der Waals surface area contributed by atoms with E-state index in [2.05, 4.69) is 38.4 Å². The third-order valence-electron chi connectivity index (χ3n) is 15.0. The van der Waals surface area contributed by atoms with Gasteiger partial charge in [0, 0.05) is 62.5 Å². The molecule has 0 N–H and O–H groups in total. The van der Waals surface area contributed by atoms with Crippen LogP contribution in [0, 0.1) is 0 Å². The van der Waals surface area contributed by atoms with Gasteiger partial charge in [-0.05, 0) is 83.6 Å². The molecule has 6 rings (SSSR count). The van der Waals surface area contributed by atoms with Gasteiger partial charge in [-0.15, -0.1) is 0 Å². The first-order valence-electron chi connectivity index (χ1n) is 25.5. The Labute approximate surface area is 462 Å². The fraction of sp³-hybridized carbons (Fsp3) is 0.517. The van der Waals surface area contributed by atoms with Crippen molar-refractivity contribution in [1.82, 2.24) is 0 Å². The lowest BCUT2D eigenvalue weighted by molar-refractivity contribution is -0.941. The van der Waals surface area contributed by atoms with E-state index in [-0.39, 0.29) is 61.7 Å². The molecule has 2 aliphatic heterocycles. The third-order valence-corrected chi connectivity index (χ3v) is 15.0. The number of halogens is 2. The van der Waals surface area contributed by atoms with Crippen LogP contribution in [0.25, 0.3) is 0 Å². The van der Waals surface area contributed by atoms with Gasteiger partial charge in [0.2, 0.25) is 11.5 Å². The molecule has 2 heterocycles. The van der Waals surface area contributed by atoms with E-state index in [1.807, 2.05) is 36.4 Å². The average Bonchev–Trinajstić information content (AvgIpc) is 3.42. The third kappa shape index (κ3) is 15.0. The summed E-state index contributed by atoms with van der Waals surface area (Å²) >= 11 is 0. The second kappa shape index (κ2) is 29.5. The molecular weight excluding hydrogens is 1020 g/mol. The Morgan fingerprint density at radius 2 is 0.776 bits per heavy atom. The summed E-state index contributed by atoms with van der Waals surface area (Å²) in [5.41, 5.74) is 6.93. The Balaban J connectivity index is 0.00000624. The number of carbonyl (C=O) groups is 2. The molecular formula is C58H80Cl2N2O14. The number of ether oxygens (including phenoxy) is 12. The molecule has 0 aliphatic carbocycles. The van der Waals surface area contributed by atoms with E-state index in [0.717, 1.165) is 59.1 Å². The van der Waals surface area contributed by atoms with Crippen LogP contribution in [0.2, 0.25) is 0 Å². The number of likely N-dealkylation sites (N-methyl/N-ethyl adjacent to an activating group) is 2. The van der Waals surface area contributed by atoms with Gasteiger partial charge >= 0.3 is 11.9 Å². The van der Waals surface area contributed by atoms with Crippen molar-refractivity contribution >= 4 is 11.9 Å². The first kappa shape index (κ1) is 62.6. The molecule has 0 bridgehead atoms. The largest absolute Gasteiger partial charge is 1.00 e. The maximum atomic E-state index is 12.9. The Hall–Kier alpha value is -5.94. The number of hydrogen-bond acceptors (Lipinski definition) is 14. The molecule has 0 saturated carbocycles. The molecule has 2 unspecified atom stereocenters. The predicted octanol–water partition coefficient (Wildman–Crippen LogP) is 3.04. The van der Waals surface area contributed by atoms with Crippen molar-refractivity contribution in [2.24, 2.45) is 0 Å². The van der Waals surface area contributed by atoms with Crippen LogP contribution >= 0.6 is 0 Å². The highest BCUT2D eigenvalue weighted by atomic mass is 35.5. The van der Waals surface area contributed by atoms with E-state index in [4.69, 9.17) is 56.8 Å². The second-order valence-electron chi connectivity index (χ2n) is 19.4. The highest BCUT2D eigenvalue weighted by Crippen LogP contribution is 2.47. The van der Waals surface area contributed by atoms with E-state index >= 15 is 0 Å². The van der Waals surface area contributed by atoms with Crippen LogP contribution in [-0.2, 0) is 44.7 Å². The fourth-order valence-corrected chi connectivity index (χ4v) is 10.8. The number of benzene rings is 4. The lowest BCUT2D eigenvalue weighted by Crippen LogP contribution is -3.00. The van der Waals surface area contributed by atoms with Crippen molar-refractivity contribution in [3.63, 3.8) is 0 Å². The van der Waals surface area contributed by atoms with Crippen molar-refractivity contribution in [2.45, 2.75) is 76.3 Å². The zero-order valence-electron chi connectivity index (χ0n) is 46.6. The SMILES string of the molecule is COc1cc2c(cc1OC)C(Cc1cc(OC)c(OC)c(OC)c1)[N@+](C)(CCCOC(=O)CCC=CCCC(=O)OCCC[N@+]1(C)CCc3cc(OC)c(OC)cc3C1Cc1cc(OC)c(OC)c(OC)c1)CC2.[Cl-].[Cl-]. The molecule has 16 nitrogen and oxygen atoms in total. The Bertz CT molecular complexity index is 2350. The smallest absolute Gasteiger partial charge is 0.306 e. The summed E-state index contributed by atoms with van der Waals surface area (Å²) < 4.78 is 69.8. The van der Waals surface area contributed by atoms with E-state index in [0.29, 0.717) is 109 Å². The Kier molecular flexibility index (Phi) is 24.3. The summed E-state index contributed by atoms with van der Waals surface area (Å²) in [5.74, 6) is 5.81. The minimum atomic E-state index is -0.246. The van der Waals surface area contributed by atoms with Gasteiger partial charge in [-0.3, -0.25) is 9.59 Å². The zero-order chi connectivity index (χ0) is 53.4. The van der Waals surface area contributed by atoms with Gasteiger partial charge in [0.05, 0.1) is 125 Å². The van der Waals surface area contributed by atoms with Crippen molar-refractivity contribution in [3.05, 3.63) is 94.1 Å². The summed E-state index contributed by atoms with van der Waals surface area (Å²) in [7, 11) is 20.9. The normalized spacial score (nSPS) is 18.4. The second-order valence-corrected chi connectivity index (χ2v) is 19.4. The number of hydrogen-bond donors (Lipinski definition) is 0. The molecule has 4 atom stereocenters. The van der Waals surface area contributed by atoms with E-state index in [1.165, 1.54) is 22.3 Å². The minimum absolute atomic E-state index is 0. The maximum Gasteiger partial charge on any atom is 0.306 e. The van der Waals surface area contributed by atoms with Gasteiger partial charge < -0.3 is 90.6 Å². The van der Waals surface area contributed by atoms with Crippen molar-refractivity contribution < 1.29 is 100 Å². The Morgan fingerprint density at radius 3 is 1.08 bits per heavy atom. The lowest BCUT2D eigenvalue weighted by Gasteiger charge is -2.46. The van der Waals surface area contributed by atoms with E-state index in [1.54, 1.807) is 71.1 Å². The molecule has 420 valence electrons. The first-order valence-corrected chi connectivity index (χ1v) is 25.5. The average molecular weight is 1100 g/mol.